The summed E-state index contributed by atoms with van der Waals surface area (Å²) in [5, 5.41) is 15.1. The van der Waals surface area contributed by atoms with Crippen LogP contribution in [0.25, 0.3) is 10.2 Å². The number of hydrogen-bond donors (Lipinski definition) is 1. The molecule has 0 radical (unpaired) electrons. The van der Waals surface area contributed by atoms with Crippen molar-refractivity contribution in [2.45, 2.75) is 26.3 Å². The number of tetrazole rings is 1. The minimum atomic E-state index is -0.00369. The molecule has 8 heteroatoms. The molecule has 0 unspecified atom stereocenters. The predicted octanol–water partition coefficient (Wildman–Crippen LogP) is 1.34. The number of aromatic nitrogens is 5. The van der Waals surface area contributed by atoms with Crippen molar-refractivity contribution in [2.75, 3.05) is 6.54 Å². The number of nitrogens with zero attached hydrogens (tertiary/aromatic N) is 5. The van der Waals surface area contributed by atoms with Crippen LogP contribution in [-0.2, 0) is 17.8 Å². The summed E-state index contributed by atoms with van der Waals surface area (Å²) in [5.74, 6) is 0.707. The third kappa shape index (κ3) is 3.45. The van der Waals surface area contributed by atoms with Gasteiger partial charge in [0.2, 0.25) is 5.91 Å². The number of fused-ring (bicyclic) bond motifs is 1. The molecule has 0 saturated heterocycles. The molecule has 3 aromatic rings. The molecule has 22 heavy (non-hydrogen) atoms. The fourth-order valence-electron chi connectivity index (χ4n) is 2.09. The van der Waals surface area contributed by atoms with Gasteiger partial charge in [-0.15, -0.1) is 16.4 Å². The van der Waals surface area contributed by atoms with Crippen LogP contribution < -0.4 is 5.32 Å². The van der Waals surface area contributed by atoms with E-state index < -0.39 is 0 Å². The molecule has 0 bridgehead atoms. The standard InChI is InChI=1S/C14H16N6OS/c1-10-17-18-19-20(10)9-7-13(21)15-8-6-14-16-11-4-2-3-5-12(11)22-14/h2-5H,6-9H2,1H3,(H,15,21). The van der Waals surface area contributed by atoms with Crippen molar-refractivity contribution in [3.63, 3.8) is 0 Å². The van der Waals surface area contributed by atoms with E-state index in [1.54, 1.807) is 16.0 Å². The maximum atomic E-state index is 11.8. The van der Waals surface area contributed by atoms with Crippen molar-refractivity contribution in [3.05, 3.63) is 35.1 Å². The molecule has 3 rings (SSSR count). The molecule has 0 aliphatic rings. The van der Waals surface area contributed by atoms with Crippen LogP contribution in [0.1, 0.15) is 17.3 Å². The minimum Gasteiger partial charge on any atom is -0.356 e. The highest BCUT2D eigenvalue weighted by molar-refractivity contribution is 7.18. The van der Waals surface area contributed by atoms with Crippen LogP contribution in [-0.4, -0.2) is 37.6 Å². The number of thiazole rings is 1. The Hall–Kier alpha value is -2.35. The highest BCUT2D eigenvalue weighted by Gasteiger charge is 2.06. The molecular formula is C14H16N6OS. The number of amides is 1. The summed E-state index contributed by atoms with van der Waals surface area (Å²) < 4.78 is 2.80. The molecule has 0 aliphatic heterocycles. The zero-order chi connectivity index (χ0) is 15.4. The second kappa shape index (κ2) is 6.61. The van der Waals surface area contributed by atoms with Gasteiger partial charge in [-0.3, -0.25) is 4.79 Å². The van der Waals surface area contributed by atoms with Crippen LogP contribution in [0.15, 0.2) is 24.3 Å². The molecule has 1 amide bonds. The number of para-hydroxylation sites is 1. The van der Waals surface area contributed by atoms with Crippen LogP contribution >= 0.6 is 11.3 Å². The Bertz CT molecular complexity index is 747. The summed E-state index contributed by atoms with van der Waals surface area (Å²) in [6.07, 6.45) is 1.11. The second-order valence-electron chi connectivity index (χ2n) is 4.87. The summed E-state index contributed by atoms with van der Waals surface area (Å²) in [6, 6.07) is 8.05. The largest absolute Gasteiger partial charge is 0.356 e. The molecule has 2 aromatic heterocycles. The van der Waals surface area contributed by atoms with Crippen molar-refractivity contribution in [2.24, 2.45) is 0 Å². The summed E-state index contributed by atoms with van der Waals surface area (Å²) in [7, 11) is 0. The van der Waals surface area contributed by atoms with Crippen molar-refractivity contribution >= 4 is 27.5 Å². The molecule has 2 heterocycles. The third-order valence-corrected chi connectivity index (χ3v) is 4.36. The van der Waals surface area contributed by atoms with E-state index in [0.717, 1.165) is 16.9 Å². The van der Waals surface area contributed by atoms with E-state index in [-0.39, 0.29) is 5.91 Å². The number of nitrogens with one attached hydrogen (secondary N) is 1. The van der Waals surface area contributed by atoms with Gasteiger partial charge in [-0.1, -0.05) is 12.1 Å². The number of benzene rings is 1. The molecule has 7 nitrogen and oxygen atoms in total. The van der Waals surface area contributed by atoms with Gasteiger partial charge in [0, 0.05) is 19.4 Å². The van der Waals surface area contributed by atoms with Crippen molar-refractivity contribution < 1.29 is 4.79 Å². The minimum absolute atomic E-state index is 0.00369. The number of hydrogen-bond acceptors (Lipinski definition) is 6. The van der Waals surface area contributed by atoms with Crippen LogP contribution in [0, 0.1) is 6.92 Å². The number of rotatable bonds is 6. The number of carbonyl (C=O) groups is 1. The number of carbonyl (C=O) groups excluding carboxylic acids is 1. The van der Waals surface area contributed by atoms with Gasteiger partial charge in [-0.05, 0) is 29.5 Å². The Balaban J connectivity index is 1.44. The second-order valence-corrected chi connectivity index (χ2v) is 5.99. The first-order valence-electron chi connectivity index (χ1n) is 7.06. The quantitative estimate of drug-likeness (QED) is 0.742. The average Bonchev–Trinajstić information content (AvgIpc) is 3.10. The molecule has 0 spiro atoms. The first-order chi connectivity index (χ1) is 10.7. The maximum absolute atomic E-state index is 11.8. The fraction of sp³-hybridized carbons (Fsp3) is 0.357. The van der Waals surface area contributed by atoms with E-state index in [1.807, 2.05) is 25.1 Å². The lowest BCUT2D eigenvalue weighted by atomic mass is 10.3. The first-order valence-corrected chi connectivity index (χ1v) is 7.88. The van der Waals surface area contributed by atoms with Crippen molar-refractivity contribution in [3.8, 4) is 0 Å². The molecule has 1 aromatic carbocycles. The van der Waals surface area contributed by atoms with Gasteiger partial charge in [-0.25, -0.2) is 9.67 Å². The maximum Gasteiger partial charge on any atom is 0.221 e. The van der Waals surface area contributed by atoms with Crippen LogP contribution in [0.5, 0.6) is 0 Å². The van der Waals surface area contributed by atoms with Gasteiger partial charge in [0.05, 0.1) is 21.8 Å². The van der Waals surface area contributed by atoms with E-state index in [9.17, 15) is 4.79 Å². The van der Waals surface area contributed by atoms with Crippen molar-refractivity contribution in [1.29, 1.82) is 0 Å². The van der Waals surface area contributed by atoms with Gasteiger partial charge in [0.25, 0.3) is 0 Å². The molecule has 0 fully saturated rings. The van der Waals surface area contributed by atoms with Gasteiger partial charge in [0.15, 0.2) is 0 Å². The topological polar surface area (TPSA) is 85.6 Å². The molecule has 114 valence electrons. The zero-order valence-electron chi connectivity index (χ0n) is 12.2. The third-order valence-electron chi connectivity index (χ3n) is 3.26. The van der Waals surface area contributed by atoms with E-state index in [4.69, 9.17) is 0 Å². The lowest BCUT2D eigenvalue weighted by Crippen LogP contribution is -2.26. The lowest BCUT2D eigenvalue weighted by Gasteiger charge is -2.04. The average molecular weight is 316 g/mol. The Morgan fingerprint density at radius 3 is 3.00 bits per heavy atom. The highest BCUT2D eigenvalue weighted by Crippen LogP contribution is 2.21. The SMILES string of the molecule is Cc1nnnn1CCC(=O)NCCc1nc2ccccc2s1. The van der Waals surface area contributed by atoms with E-state index in [2.05, 4.69) is 31.9 Å². The van der Waals surface area contributed by atoms with E-state index in [0.29, 0.717) is 25.3 Å². The Kier molecular flexibility index (Phi) is 4.38. The van der Waals surface area contributed by atoms with Crippen molar-refractivity contribution in [1.82, 2.24) is 30.5 Å². The van der Waals surface area contributed by atoms with Gasteiger partial charge >= 0.3 is 0 Å². The van der Waals surface area contributed by atoms with Crippen LogP contribution in [0.2, 0.25) is 0 Å². The van der Waals surface area contributed by atoms with Gasteiger partial charge in [0.1, 0.15) is 5.82 Å². The zero-order valence-corrected chi connectivity index (χ0v) is 13.0. The molecule has 0 saturated carbocycles. The first kappa shape index (κ1) is 14.6. The van der Waals surface area contributed by atoms with Crippen LogP contribution in [0.3, 0.4) is 0 Å². The van der Waals surface area contributed by atoms with Gasteiger partial charge < -0.3 is 5.32 Å². The monoisotopic (exact) mass is 316 g/mol. The highest BCUT2D eigenvalue weighted by atomic mass is 32.1. The van der Waals surface area contributed by atoms with Crippen LogP contribution in [0.4, 0.5) is 0 Å². The Morgan fingerprint density at radius 2 is 2.23 bits per heavy atom. The molecular weight excluding hydrogens is 300 g/mol. The van der Waals surface area contributed by atoms with E-state index >= 15 is 0 Å². The Morgan fingerprint density at radius 1 is 1.36 bits per heavy atom. The lowest BCUT2D eigenvalue weighted by molar-refractivity contribution is -0.121. The van der Waals surface area contributed by atoms with Gasteiger partial charge in [-0.2, -0.15) is 0 Å². The summed E-state index contributed by atoms with van der Waals surface area (Å²) in [6.45, 7) is 2.89. The van der Waals surface area contributed by atoms with E-state index in [1.165, 1.54) is 4.70 Å². The molecule has 0 aliphatic carbocycles. The number of aryl methyl sites for hydroxylation is 2. The smallest absolute Gasteiger partial charge is 0.221 e. The molecule has 0 atom stereocenters. The summed E-state index contributed by atoms with van der Waals surface area (Å²) in [5.41, 5.74) is 1.02. The molecule has 1 N–H and O–H groups in total. The fourth-order valence-corrected chi connectivity index (χ4v) is 3.05. The predicted molar refractivity (Wildman–Crippen MR) is 83.5 cm³/mol. The Labute approximate surface area is 131 Å². The summed E-state index contributed by atoms with van der Waals surface area (Å²) in [4.78, 5) is 16.3. The summed E-state index contributed by atoms with van der Waals surface area (Å²) >= 11 is 1.67. The normalized spacial score (nSPS) is 11.0.